The number of aliphatic hydroxyl groups is 1. The lowest BCUT2D eigenvalue weighted by Crippen LogP contribution is -2.50. The van der Waals surface area contributed by atoms with Gasteiger partial charge in [0, 0.05) is 13.1 Å². The van der Waals surface area contributed by atoms with E-state index in [-0.39, 0.29) is 37.2 Å². The van der Waals surface area contributed by atoms with Gasteiger partial charge >= 0.3 is 0 Å². The molecule has 2 N–H and O–H groups in total. The average molecular weight is 546 g/mol. The molecule has 38 heavy (non-hydrogen) atoms. The van der Waals surface area contributed by atoms with Crippen molar-refractivity contribution in [2.75, 3.05) is 36.9 Å². The van der Waals surface area contributed by atoms with Crippen molar-refractivity contribution >= 4 is 21.9 Å². The van der Waals surface area contributed by atoms with Gasteiger partial charge in [0.2, 0.25) is 27.7 Å². The molecule has 4 aromatic rings. The summed E-state index contributed by atoms with van der Waals surface area (Å²) in [6.45, 7) is 0.0457. The predicted octanol–water partition coefficient (Wildman–Crippen LogP) is 1.86. The average Bonchev–Trinajstić information content (AvgIpc) is 3.58. The molecule has 0 saturated carbocycles. The van der Waals surface area contributed by atoms with Crippen molar-refractivity contribution in [3.63, 3.8) is 0 Å². The van der Waals surface area contributed by atoms with Crippen LogP contribution in [0.1, 0.15) is 6.42 Å². The molecule has 13 nitrogen and oxygen atoms in total. The molecule has 15 heteroatoms. The molecule has 0 aliphatic carbocycles. The van der Waals surface area contributed by atoms with E-state index in [9.17, 15) is 17.9 Å². The number of furan rings is 1. The Morgan fingerprint density at radius 1 is 1.08 bits per heavy atom. The van der Waals surface area contributed by atoms with Crippen molar-refractivity contribution in [3.8, 4) is 28.8 Å². The number of hydrogen-bond donors (Lipinski definition) is 2. The summed E-state index contributed by atoms with van der Waals surface area (Å²) >= 11 is 0. The Morgan fingerprint density at radius 3 is 2.42 bits per heavy atom. The van der Waals surface area contributed by atoms with Crippen LogP contribution in [0.5, 0.6) is 11.5 Å². The molecule has 1 aromatic carbocycles. The van der Waals surface area contributed by atoms with E-state index in [0.717, 1.165) is 12.4 Å². The predicted molar refractivity (Wildman–Crippen MR) is 133 cm³/mol. The molecule has 3 aromatic heterocycles. The molecule has 0 radical (unpaired) electrons. The summed E-state index contributed by atoms with van der Waals surface area (Å²) in [6, 6.07) is 8.39. The van der Waals surface area contributed by atoms with Crippen molar-refractivity contribution in [2.24, 2.45) is 0 Å². The van der Waals surface area contributed by atoms with Crippen molar-refractivity contribution in [3.05, 3.63) is 54.8 Å². The zero-order valence-electron chi connectivity index (χ0n) is 20.4. The normalized spacial score (nSPS) is 17.8. The van der Waals surface area contributed by atoms with Crippen LogP contribution in [0.15, 0.2) is 53.4 Å². The number of benzene rings is 1. The molecular formula is C23H24FN7O6S. The number of β-amino-alcohol motifs (C(OH)–C–C–N with tert-alkyl or cyclic N) is 1. The molecule has 4 heterocycles. The molecule has 0 bridgehead atoms. The summed E-state index contributed by atoms with van der Waals surface area (Å²) < 4.78 is 61.0. The summed E-state index contributed by atoms with van der Waals surface area (Å²) in [5, 5.41) is 17.6. The number of para-hydroxylation sites is 1. The second kappa shape index (κ2) is 10.3. The Kier molecular flexibility index (Phi) is 6.86. The van der Waals surface area contributed by atoms with Gasteiger partial charge in [0.1, 0.15) is 22.4 Å². The number of halogens is 1. The van der Waals surface area contributed by atoms with Gasteiger partial charge in [-0.1, -0.05) is 6.07 Å². The van der Waals surface area contributed by atoms with Crippen molar-refractivity contribution in [2.45, 2.75) is 17.8 Å². The van der Waals surface area contributed by atoms with Crippen molar-refractivity contribution in [1.82, 2.24) is 24.7 Å². The number of hydrogen-bond acceptors (Lipinski definition) is 11. The number of ether oxygens (including phenoxy) is 2. The second-order valence-electron chi connectivity index (χ2n) is 8.44. The van der Waals surface area contributed by atoms with E-state index in [2.05, 4.69) is 24.9 Å². The van der Waals surface area contributed by atoms with Gasteiger partial charge in [0.25, 0.3) is 0 Å². The van der Waals surface area contributed by atoms with Crippen LogP contribution < -0.4 is 19.1 Å². The molecule has 2 unspecified atom stereocenters. The fourth-order valence-corrected chi connectivity index (χ4v) is 5.68. The molecule has 1 fully saturated rings. The standard InChI is InChI=1S/C23H24FN7O6S/c1-35-17-5-3-6-18(36-2)20(17)31-21(19-7-4-8-37-19)27-28-23(31)29-38(33,34)16-9-15(32)12-30(13-16)22-25-10-14(24)11-26-22/h3-8,10-11,15-16,32H,9,12-13H2,1-2H3,(H,28,29). The lowest BCUT2D eigenvalue weighted by Gasteiger charge is -2.35. The lowest BCUT2D eigenvalue weighted by molar-refractivity contribution is 0.154. The van der Waals surface area contributed by atoms with Crippen LogP contribution >= 0.6 is 0 Å². The van der Waals surface area contributed by atoms with E-state index in [1.54, 1.807) is 30.3 Å². The van der Waals surface area contributed by atoms with E-state index in [1.165, 1.54) is 29.9 Å². The van der Waals surface area contributed by atoms with Crippen LogP contribution in [0.3, 0.4) is 0 Å². The maximum absolute atomic E-state index is 13.6. The van der Waals surface area contributed by atoms with Gasteiger partial charge in [0.05, 0.1) is 39.0 Å². The van der Waals surface area contributed by atoms with Gasteiger partial charge in [-0.2, -0.15) is 0 Å². The Balaban J connectivity index is 1.54. The van der Waals surface area contributed by atoms with E-state index in [4.69, 9.17) is 13.9 Å². The summed E-state index contributed by atoms with van der Waals surface area (Å²) in [4.78, 5) is 9.30. The van der Waals surface area contributed by atoms with Gasteiger partial charge < -0.3 is 23.9 Å². The van der Waals surface area contributed by atoms with Crippen LogP contribution in [0, 0.1) is 5.82 Å². The first-order valence-electron chi connectivity index (χ1n) is 11.4. The van der Waals surface area contributed by atoms with Crippen molar-refractivity contribution in [1.29, 1.82) is 0 Å². The van der Waals surface area contributed by atoms with Crippen LogP contribution in [-0.2, 0) is 10.0 Å². The molecule has 1 aliphatic rings. The largest absolute Gasteiger partial charge is 0.494 e. The van der Waals surface area contributed by atoms with E-state index < -0.39 is 27.2 Å². The third-order valence-corrected chi connectivity index (χ3v) is 7.67. The highest BCUT2D eigenvalue weighted by Crippen LogP contribution is 2.38. The quantitative estimate of drug-likeness (QED) is 0.333. The number of anilines is 2. The minimum atomic E-state index is -4.16. The highest BCUT2D eigenvalue weighted by molar-refractivity contribution is 7.93. The number of aromatic nitrogens is 5. The Hall–Kier alpha value is -4.24. The second-order valence-corrected chi connectivity index (χ2v) is 10.4. The van der Waals surface area contributed by atoms with Gasteiger partial charge in [-0.25, -0.2) is 22.8 Å². The fourth-order valence-electron chi connectivity index (χ4n) is 4.27. The summed E-state index contributed by atoms with van der Waals surface area (Å²) in [5.41, 5.74) is 0.344. The number of methoxy groups -OCH3 is 2. The maximum atomic E-state index is 13.6. The summed E-state index contributed by atoms with van der Waals surface area (Å²) in [6.07, 6.45) is 2.36. The number of rotatable bonds is 8. The van der Waals surface area contributed by atoms with Crippen LogP contribution in [-0.4, -0.2) is 76.9 Å². The Morgan fingerprint density at radius 2 is 1.79 bits per heavy atom. The first-order valence-corrected chi connectivity index (χ1v) is 13.0. The first-order chi connectivity index (χ1) is 18.3. The van der Waals surface area contributed by atoms with Crippen molar-refractivity contribution < 1.29 is 31.8 Å². The van der Waals surface area contributed by atoms with Crippen LogP contribution in [0.25, 0.3) is 17.3 Å². The topological polar surface area (TPSA) is 158 Å². The number of piperidine rings is 1. The molecule has 1 saturated heterocycles. The highest BCUT2D eigenvalue weighted by atomic mass is 32.2. The molecule has 0 amide bonds. The smallest absolute Gasteiger partial charge is 0.243 e. The third kappa shape index (κ3) is 4.84. The van der Waals surface area contributed by atoms with Gasteiger partial charge in [-0.05, 0) is 30.7 Å². The zero-order valence-corrected chi connectivity index (χ0v) is 21.2. The number of nitrogens with one attached hydrogen (secondary N) is 1. The minimum Gasteiger partial charge on any atom is -0.494 e. The molecule has 0 spiro atoms. The molecule has 200 valence electrons. The van der Waals surface area contributed by atoms with Gasteiger partial charge in [-0.3, -0.25) is 9.29 Å². The SMILES string of the molecule is COc1cccc(OC)c1-n1c(NS(=O)(=O)C2CC(O)CN(c3ncc(F)cn3)C2)nnc1-c1ccco1. The van der Waals surface area contributed by atoms with E-state index in [1.807, 2.05) is 0 Å². The van der Waals surface area contributed by atoms with Crippen LogP contribution in [0.4, 0.5) is 16.3 Å². The zero-order chi connectivity index (χ0) is 26.9. The summed E-state index contributed by atoms with van der Waals surface area (Å²) in [5.74, 6) is 0.575. The third-order valence-electron chi connectivity index (χ3n) is 5.98. The van der Waals surface area contributed by atoms with E-state index >= 15 is 0 Å². The van der Waals surface area contributed by atoms with Gasteiger partial charge in [0.15, 0.2) is 11.6 Å². The molecule has 1 aliphatic heterocycles. The Bertz CT molecular complexity index is 1490. The molecular weight excluding hydrogens is 521 g/mol. The van der Waals surface area contributed by atoms with Crippen LogP contribution in [0.2, 0.25) is 0 Å². The van der Waals surface area contributed by atoms with E-state index in [0.29, 0.717) is 22.9 Å². The Labute approximate surface area is 216 Å². The summed E-state index contributed by atoms with van der Waals surface area (Å²) in [7, 11) is -1.23. The van der Waals surface area contributed by atoms with Gasteiger partial charge in [-0.15, -0.1) is 10.2 Å². The number of sulfonamides is 1. The molecule has 5 rings (SSSR count). The highest BCUT2D eigenvalue weighted by Gasteiger charge is 2.37. The first kappa shape index (κ1) is 25.4. The lowest BCUT2D eigenvalue weighted by atomic mass is 10.1. The number of nitrogens with zero attached hydrogens (tertiary/aromatic N) is 6. The maximum Gasteiger partial charge on any atom is 0.243 e. The fraction of sp³-hybridized carbons (Fsp3) is 0.304. The molecule has 2 atom stereocenters. The monoisotopic (exact) mass is 545 g/mol. The number of aliphatic hydroxyl groups excluding tert-OH is 1. The minimum absolute atomic E-state index is 0.0464.